The topological polar surface area (TPSA) is 75.0 Å². The minimum absolute atomic E-state index is 0.00181. The number of nitrogens with one attached hydrogen (secondary N) is 1. The Balaban J connectivity index is 1.69. The molecule has 1 aliphatic heterocycles. The maximum absolute atomic E-state index is 12.5. The number of aromatic nitrogens is 2. The van der Waals surface area contributed by atoms with Crippen LogP contribution in [-0.4, -0.2) is 33.5 Å². The van der Waals surface area contributed by atoms with Gasteiger partial charge in [0.15, 0.2) is 0 Å². The standard InChI is InChI=1S/C19H22N4OS/c1-19(12-20)8-5-9-23(19)11-16-21-17(24)14-10-15(25-18(14)22-16)13-6-3-2-4-7-13/h2-4,6-7,10H,5,8-9,11-12,20H2,1H3,(H,21,22,24). The summed E-state index contributed by atoms with van der Waals surface area (Å²) in [7, 11) is 0. The van der Waals surface area contributed by atoms with Gasteiger partial charge in [0.2, 0.25) is 0 Å². The highest BCUT2D eigenvalue weighted by Gasteiger charge is 2.35. The van der Waals surface area contributed by atoms with Crippen LogP contribution in [0.5, 0.6) is 0 Å². The molecule has 0 aliphatic carbocycles. The van der Waals surface area contributed by atoms with Crippen LogP contribution in [0.25, 0.3) is 20.7 Å². The van der Waals surface area contributed by atoms with E-state index in [1.54, 1.807) is 11.3 Å². The molecule has 0 spiro atoms. The summed E-state index contributed by atoms with van der Waals surface area (Å²) in [6, 6.07) is 12.0. The molecule has 1 aromatic carbocycles. The summed E-state index contributed by atoms with van der Waals surface area (Å²) in [5.74, 6) is 0.723. The molecule has 1 saturated heterocycles. The van der Waals surface area contributed by atoms with Crippen molar-refractivity contribution in [3.8, 4) is 10.4 Å². The lowest BCUT2D eigenvalue weighted by Gasteiger charge is -2.33. The molecule has 5 nitrogen and oxygen atoms in total. The Labute approximate surface area is 150 Å². The molecule has 1 aliphatic rings. The van der Waals surface area contributed by atoms with Crippen molar-refractivity contribution >= 4 is 21.6 Å². The average Bonchev–Trinajstić information content (AvgIpc) is 3.21. The van der Waals surface area contributed by atoms with E-state index < -0.39 is 0 Å². The first-order valence-corrected chi connectivity index (χ1v) is 9.44. The Morgan fingerprint density at radius 1 is 1.36 bits per heavy atom. The molecule has 0 bridgehead atoms. The van der Waals surface area contributed by atoms with Gasteiger partial charge < -0.3 is 10.7 Å². The number of aromatic amines is 1. The van der Waals surface area contributed by atoms with E-state index in [1.165, 1.54) is 0 Å². The molecule has 2 aromatic heterocycles. The molecule has 3 N–H and O–H groups in total. The van der Waals surface area contributed by atoms with Gasteiger partial charge in [0.1, 0.15) is 10.7 Å². The van der Waals surface area contributed by atoms with Crippen molar-refractivity contribution in [2.75, 3.05) is 13.1 Å². The van der Waals surface area contributed by atoms with Crippen LogP contribution in [0.15, 0.2) is 41.2 Å². The van der Waals surface area contributed by atoms with Crippen molar-refractivity contribution < 1.29 is 0 Å². The van der Waals surface area contributed by atoms with E-state index >= 15 is 0 Å². The predicted octanol–water partition coefficient (Wildman–Crippen LogP) is 2.96. The fourth-order valence-electron chi connectivity index (χ4n) is 3.56. The summed E-state index contributed by atoms with van der Waals surface area (Å²) < 4.78 is 0. The van der Waals surface area contributed by atoms with Crippen LogP contribution < -0.4 is 11.3 Å². The van der Waals surface area contributed by atoms with Gasteiger partial charge in [0.25, 0.3) is 5.56 Å². The van der Waals surface area contributed by atoms with Crippen LogP contribution in [0.1, 0.15) is 25.6 Å². The Morgan fingerprint density at radius 3 is 2.92 bits per heavy atom. The number of rotatable bonds is 4. The van der Waals surface area contributed by atoms with E-state index in [0.29, 0.717) is 18.5 Å². The number of H-pyrrole nitrogens is 1. The molecule has 25 heavy (non-hydrogen) atoms. The van der Waals surface area contributed by atoms with Gasteiger partial charge in [-0.3, -0.25) is 9.69 Å². The fourth-order valence-corrected chi connectivity index (χ4v) is 4.61. The lowest BCUT2D eigenvalue weighted by atomic mass is 9.99. The second-order valence-electron chi connectivity index (χ2n) is 6.93. The van der Waals surface area contributed by atoms with Crippen molar-refractivity contribution in [2.24, 2.45) is 5.73 Å². The van der Waals surface area contributed by atoms with E-state index in [1.807, 2.05) is 24.3 Å². The predicted molar refractivity (Wildman–Crippen MR) is 103 cm³/mol. The minimum Gasteiger partial charge on any atom is -0.329 e. The summed E-state index contributed by atoms with van der Waals surface area (Å²) in [5, 5.41) is 0.663. The first kappa shape index (κ1) is 16.4. The SMILES string of the molecule is CC1(CN)CCCN1Cc1nc2sc(-c3ccccc3)cc2c(=O)[nH]1. The Bertz CT molecular complexity index is 949. The van der Waals surface area contributed by atoms with E-state index in [2.05, 4.69) is 28.9 Å². The second kappa shape index (κ2) is 6.37. The third-order valence-corrected chi connectivity index (χ3v) is 6.27. The van der Waals surface area contributed by atoms with E-state index in [9.17, 15) is 4.79 Å². The van der Waals surface area contributed by atoms with Crippen molar-refractivity contribution in [3.05, 3.63) is 52.6 Å². The molecule has 6 heteroatoms. The zero-order valence-corrected chi connectivity index (χ0v) is 15.1. The monoisotopic (exact) mass is 354 g/mol. The summed E-state index contributed by atoms with van der Waals surface area (Å²) in [4.78, 5) is 24.4. The van der Waals surface area contributed by atoms with E-state index in [4.69, 9.17) is 10.7 Å². The number of likely N-dealkylation sites (tertiary alicyclic amines) is 1. The summed E-state index contributed by atoms with van der Waals surface area (Å²) in [6.45, 7) is 4.44. The zero-order valence-electron chi connectivity index (χ0n) is 14.3. The maximum Gasteiger partial charge on any atom is 0.259 e. The van der Waals surface area contributed by atoms with Crippen molar-refractivity contribution in [3.63, 3.8) is 0 Å². The first-order chi connectivity index (χ1) is 12.1. The largest absolute Gasteiger partial charge is 0.329 e. The normalized spacial score (nSPS) is 21.2. The molecule has 4 rings (SSSR count). The van der Waals surface area contributed by atoms with Gasteiger partial charge in [0, 0.05) is 17.0 Å². The molecule has 3 aromatic rings. The molecular weight excluding hydrogens is 332 g/mol. The minimum atomic E-state index is -0.0629. The van der Waals surface area contributed by atoms with E-state index in [0.717, 1.165) is 40.5 Å². The molecule has 1 unspecified atom stereocenters. The average molecular weight is 354 g/mol. The van der Waals surface area contributed by atoms with Crippen LogP contribution in [0.3, 0.4) is 0 Å². The van der Waals surface area contributed by atoms with Gasteiger partial charge in [-0.2, -0.15) is 0 Å². The number of hydrogen-bond acceptors (Lipinski definition) is 5. The molecule has 0 radical (unpaired) electrons. The third-order valence-electron chi connectivity index (χ3n) is 5.20. The highest BCUT2D eigenvalue weighted by molar-refractivity contribution is 7.21. The number of fused-ring (bicyclic) bond motifs is 1. The number of nitrogens with two attached hydrogens (primary N) is 1. The maximum atomic E-state index is 12.5. The van der Waals surface area contributed by atoms with Gasteiger partial charge in [-0.25, -0.2) is 4.98 Å². The second-order valence-corrected chi connectivity index (χ2v) is 7.96. The molecule has 1 fully saturated rings. The Morgan fingerprint density at radius 2 is 2.16 bits per heavy atom. The molecular formula is C19H22N4OS. The molecule has 130 valence electrons. The van der Waals surface area contributed by atoms with Gasteiger partial charge in [-0.05, 0) is 37.9 Å². The molecule has 1 atom stereocenters. The van der Waals surface area contributed by atoms with Gasteiger partial charge in [-0.15, -0.1) is 11.3 Å². The smallest absolute Gasteiger partial charge is 0.259 e. The van der Waals surface area contributed by atoms with Gasteiger partial charge in [-0.1, -0.05) is 30.3 Å². The Kier molecular flexibility index (Phi) is 4.19. The van der Waals surface area contributed by atoms with Crippen molar-refractivity contribution in [1.29, 1.82) is 0 Å². The van der Waals surface area contributed by atoms with Crippen LogP contribution in [0, 0.1) is 0 Å². The summed E-state index contributed by atoms with van der Waals surface area (Å²) in [6.07, 6.45) is 2.23. The van der Waals surface area contributed by atoms with Crippen LogP contribution in [0.2, 0.25) is 0 Å². The lowest BCUT2D eigenvalue weighted by molar-refractivity contribution is 0.151. The number of thiophene rings is 1. The van der Waals surface area contributed by atoms with Gasteiger partial charge >= 0.3 is 0 Å². The zero-order chi connectivity index (χ0) is 17.4. The number of nitrogens with zero attached hydrogens (tertiary/aromatic N) is 2. The Hall–Kier alpha value is -2.02. The molecule has 0 saturated carbocycles. The molecule has 0 amide bonds. The summed E-state index contributed by atoms with van der Waals surface area (Å²) in [5.41, 5.74) is 7.02. The third kappa shape index (κ3) is 3.01. The highest BCUT2D eigenvalue weighted by atomic mass is 32.1. The number of hydrogen-bond donors (Lipinski definition) is 2. The van der Waals surface area contributed by atoms with Crippen molar-refractivity contribution in [2.45, 2.75) is 31.8 Å². The summed E-state index contributed by atoms with van der Waals surface area (Å²) >= 11 is 1.57. The van der Waals surface area contributed by atoms with E-state index in [-0.39, 0.29) is 11.1 Å². The van der Waals surface area contributed by atoms with Crippen LogP contribution in [0.4, 0.5) is 0 Å². The number of benzene rings is 1. The fraction of sp³-hybridized carbons (Fsp3) is 0.368. The van der Waals surface area contributed by atoms with Gasteiger partial charge in [0.05, 0.1) is 11.9 Å². The van der Waals surface area contributed by atoms with Crippen molar-refractivity contribution in [1.82, 2.24) is 14.9 Å². The lowest BCUT2D eigenvalue weighted by Crippen LogP contribution is -2.46. The quantitative estimate of drug-likeness (QED) is 0.755. The molecule has 3 heterocycles. The first-order valence-electron chi connectivity index (χ1n) is 8.62. The van der Waals surface area contributed by atoms with Crippen LogP contribution >= 0.6 is 11.3 Å². The van der Waals surface area contributed by atoms with Crippen LogP contribution in [-0.2, 0) is 6.54 Å². The highest BCUT2D eigenvalue weighted by Crippen LogP contribution is 2.32.